The van der Waals surface area contributed by atoms with Crippen LogP contribution in [-0.2, 0) is 11.3 Å². The highest BCUT2D eigenvalue weighted by Gasteiger charge is 2.48. The number of halogens is 4. The molecule has 2 heterocycles. The molecule has 2 aliphatic heterocycles. The maximum atomic E-state index is 13.9. The number of carbonyl (C=O) groups excluding carboxylic acids is 1. The van der Waals surface area contributed by atoms with Gasteiger partial charge >= 0.3 is 12.1 Å². The molecule has 0 aromatic heterocycles. The highest BCUT2D eigenvalue weighted by atomic mass is 19.4. The van der Waals surface area contributed by atoms with Crippen LogP contribution in [0.25, 0.3) is 0 Å². The molecule has 0 bridgehead atoms. The van der Waals surface area contributed by atoms with Crippen molar-refractivity contribution in [2.24, 2.45) is 0 Å². The Morgan fingerprint density at radius 1 is 1.40 bits per heavy atom. The maximum Gasteiger partial charge on any atom is 0.423 e. The smallest absolute Gasteiger partial charge is 0.423 e. The normalized spacial score (nSPS) is 20.7. The largest absolute Gasteiger partial charge is 0.494 e. The topological polar surface area (TPSA) is 44.6 Å². The SMILES string of the molecule is C=[N+]1CC(N2Cc3cc(F)c(OC)cc3C2C)=C(C(F)(F)F)C(=O)N1. The lowest BCUT2D eigenvalue weighted by molar-refractivity contribution is -0.563. The van der Waals surface area contributed by atoms with Crippen LogP contribution in [-0.4, -0.2) is 42.0 Å². The summed E-state index contributed by atoms with van der Waals surface area (Å²) in [5.74, 6) is -1.81. The Hall–Kier alpha value is -2.58. The lowest BCUT2D eigenvalue weighted by atomic mass is 10.0. The number of ether oxygens (including phenoxy) is 1. The molecule has 0 spiro atoms. The number of hydrogen-bond acceptors (Lipinski definition) is 3. The summed E-state index contributed by atoms with van der Waals surface area (Å²) in [5, 5.41) is 0. The van der Waals surface area contributed by atoms with E-state index in [1.165, 1.54) is 24.1 Å². The first-order valence-electron chi connectivity index (χ1n) is 7.45. The van der Waals surface area contributed by atoms with Gasteiger partial charge in [0.2, 0.25) is 6.54 Å². The molecule has 2 aliphatic rings. The molecule has 1 N–H and O–H groups in total. The molecule has 134 valence electrons. The minimum Gasteiger partial charge on any atom is -0.494 e. The van der Waals surface area contributed by atoms with Crippen LogP contribution >= 0.6 is 0 Å². The van der Waals surface area contributed by atoms with Gasteiger partial charge in [-0.05, 0) is 30.2 Å². The molecule has 0 radical (unpaired) electrons. The summed E-state index contributed by atoms with van der Waals surface area (Å²) >= 11 is 0. The number of rotatable bonds is 2. The Bertz CT molecular complexity index is 801. The molecule has 1 amide bonds. The van der Waals surface area contributed by atoms with Crippen molar-refractivity contribution in [1.82, 2.24) is 10.3 Å². The van der Waals surface area contributed by atoms with Gasteiger partial charge in [0.25, 0.3) is 0 Å². The number of nitrogens with one attached hydrogen (secondary N) is 1. The van der Waals surface area contributed by atoms with Crippen molar-refractivity contribution in [2.75, 3.05) is 13.7 Å². The second-order valence-electron chi connectivity index (χ2n) is 5.95. The van der Waals surface area contributed by atoms with E-state index >= 15 is 0 Å². The van der Waals surface area contributed by atoms with Crippen LogP contribution in [0.4, 0.5) is 17.6 Å². The quantitative estimate of drug-likeness (QED) is 0.652. The average molecular weight is 358 g/mol. The molecule has 5 nitrogen and oxygen atoms in total. The third kappa shape index (κ3) is 2.83. The third-order valence-corrected chi connectivity index (χ3v) is 4.42. The maximum absolute atomic E-state index is 13.9. The molecule has 1 unspecified atom stereocenters. The second-order valence-corrected chi connectivity index (χ2v) is 5.95. The molecule has 1 aromatic rings. The Labute approximate surface area is 141 Å². The minimum atomic E-state index is -4.81. The zero-order valence-electron chi connectivity index (χ0n) is 13.6. The van der Waals surface area contributed by atoms with E-state index in [-0.39, 0.29) is 24.5 Å². The molecule has 0 saturated carbocycles. The predicted molar refractivity (Wildman–Crippen MR) is 80.4 cm³/mol. The van der Waals surface area contributed by atoms with E-state index in [4.69, 9.17) is 4.74 Å². The molecular weight excluding hydrogens is 342 g/mol. The number of hydrazone groups is 1. The van der Waals surface area contributed by atoms with E-state index < -0.39 is 29.5 Å². The van der Waals surface area contributed by atoms with Crippen molar-refractivity contribution in [1.29, 1.82) is 0 Å². The van der Waals surface area contributed by atoms with Crippen LogP contribution in [0.3, 0.4) is 0 Å². The van der Waals surface area contributed by atoms with Crippen molar-refractivity contribution in [3.05, 3.63) is 40.3 Å². The molecule has 3 rings (SSSR count). The number of amides is 1. The van der Waals surface area contributed by atoms with Crippen LogP contribution < -0.4 is 10.2 Å². The third-order valence-electron chi connectivity index (χ3n) is 4.42. The van der Waals surface area contributed by atoms with Crippen LogP contribution in [0.2, 0.25) is 0 Å². The highest BCUT2D eigenvalue weighted by molar-refractivity contribution is 5.95. The van der Waals surface area contributed by atoms with Crippen LogP contribution in [0, 0.1) is 5.82 Å². The summed E-state index contributed by atoms with van der Waals surface area (Å²) < 4.78 is 60.1. The summed E-state index contributed by atoms with van der Waals surface area (Å²) in [5.41, 5.74) is 1.83. The molecule has 9 heteroatoms. The van der Waals surface area contributed by atoms with E-state index in [1.807, 2.05) is 0 Å². The number of benzene rings is 1. The molecule has 1 atom stereocenters. The second kappa shape index (κ2) is 5.75. The summed E-state index contributed by atoms with van der Waals surface area (Å²) in [4.78, 5) is 13.3. The summed E-state index contributed by atoms with van der Waals surface area (Å²) in [6.07, 6.45) is -4.81. The van der Waals surface area contributed by atoms with Crippen LogP contribution in [0.15, 0.2) is 23.4 Å². The van der Waals surface area contributed by atoms with Gasteiger partial charge in [-0.2, -0.15) is 13.2 Å². The van der Waals surface area contributed by atoms with Gasteiger partial charge in [0.15, 0.2) is 23.9 Å². The molecule has 1 aromatic carbocycles. The van der Waals surface area contributed by atoms with Gasteiger partial charge in [-0.1, -0.05) is 0 Å². The molecule has 0 aliphatic carbocycles. The van der Waals surface area contributed by atoms with E-state index in [0.717, 1.165) is 4.68 Å². The Balaban J connectivity index is 2.09. The average Bonchev–Trinajstić information content (AvgIpc) is 2.80. The van der Waals surface area contributed by atoms with Crippen molar-refractivity contribution >= 4 is 12.6 Å². The van der Waals surface area contributed by atoms with E-state index in [9.17, 15) is 22.4 Å². The van der Waals surface area contributed by atoms with E-state index in [2.05, 4.69) is 12.1 Å². The molecule has 0 fully saturated rings. The van der Waals surface area contributed by atoms with Gasteiger partial charge in [0, 0.05) is 6.54 Å². The lowest BCUT2D eigenvalue weighted by Crippen LogP contribution is -2.48. The zero-order chi connectivity index (χ0) is 18.5. The van der Waals surface area contributed by atoms with E-state index in [0.29, 0.717) is 11.1 Å². The monoisotopic (exact) mass is 358 g/mol. The van der Waals surface area contributed by atoms with Crippen molar-refractivity contribution in [3.8, 4) is 5.75 Å². The van der Waals surface area contributed by atoms with Crippen LogP contribution in [0.5, 0.6) is 5.75 Å². The zero-order valence-corrected chi connectivity index (χ0v) is 13.6. The highest BCUT2D eigenvalue weighted by Crippen LogP contribution is 2.42. The van der Waals surface area contributed by atoms with Crippen molar-refractivity contribution < 1.29 is 31.8 Å². The minimum absolute atomic E-state index is 0.0256. The van der Waals surface area contributed by atoms with E-state index in [1.54, 1.807) is 6.92 Å². The van der Waals surface area contributed by atoms with Gasteiger partial charge in [-0.15, -0.1) is 10.1 Å². The Morgan fingerprint density at radius 3 is 2.68 bits per heavy atom. The predicted octanol–water partition coefficient (Wildman–Crippen LogP) is 2.29. The number of hydrazine groups is 1. The Morgan fingerprint density at radius 2 is 2.08 bits per heavy atom. The van der Waals surface area contributed by atoms with Crippen molar-refractivity contribution in [2.45, 2.75) is 25.7 Å². The fourth-order valence-corrected chi connectivity index (χ4v) is 3.27. The number of methoxy groups -OCH3 is 1. The Kier molecular flexibility index (Phi) is 3.97. The van der Waals surface area contributed by atoms with Crippen molar-refractivity contribution in [3.63, 3.8) is 0 Å². The van der Waals surface area contributed by atoms with Gasteiger partial charge in [0.1, 0.15) is 5.70 Å². The van der Waals surface area contributed by atoms with Gasteiger partial charge < -0.3 is 9.64 Å². The van der Waals surface area contributed by atoms with Gasteiger partial charge in [0.05, 0.1) is 13.2 Å². The van der Waals surface area contributed by atoms with Gasteiger partial charge in [-0.25, -0.2) is 4.39 Å². The number of fused-ring (bicyclic) bond motifs is 1. The number of alkyl halides is 3. The standard InChI is InChI=1S/C16H15F4N3O2/c1-8-10-5-13(25-3)11(17)4-9(10)6-23(8)12-7-22(2)21-15(24)14(12)16(18,19)20/h4-5,8H,2,6-7H2,1,3H3/p+1. The number of hydrogen-bond donors (Lipinski definition) is 1. The summed E-state index contributed by atoms with van der Waals surface area (Å²) in [7, 11) is 1.32. The fourth-order valence-electron chi connectivity index (χ4n) is 3.27. The number of carbonyl (C=O) groups is 1. The van der Waals surface area contributed by atoms with Gasteiger partial charge in [-0.3, -0.25) is 4.79 Å². The van der Waals surface area contributed by atoms with Crippen LogP contribution in [0.1, 0.15) is 24.1 Å². The summed E-state index contributed by atoms with van der Waals surface area (Å²) in [6, 6.07) is 2.26. The fraction of sp³-hybridized carbons (Fsp3) is 0.375. The molecular formula is C16H16F4N3O2+. The molecule has 25 heavy (non-hydrogen) atoms. The summed E-state index contributed by atoms with van der Waals surface area (Å²) in [6.45, 7) is 5.05. The first kappa shape index (κ1) is 17.2. The lowest BCUT2D eigenvalue weighted by Gasteiger charge is -2.30. The number of nitrogens with zero attached hydrogens (tertiary/aromatic N) is 2. The first-order valence-corrected chi connectivity index (χ1v) is 7.45. The first-order chi connectivity index (χ1) is 11.6. The molecule has 0 saturated heterocycles.